The van der Waals surface area contributed by atoms with Gasteiger partial charge in [-0.2, -0.15) is 5.10 Å². The zero-order chi connectivity index (χ0) is 19.5. The summed E-state index contributed by atoms with van der Waals surface area (Å²) < 4.78 is 0. The maximum Gasteiger partial charge on any atom is 0.226 e. The second-order valence-electron chi connectivity index (χ2n) is 8.81. The van der Waals surface area contributed by atoms with E-state index in [1.54, 1.807) is 0 Å². The molecule has 2 heterocycles. The maximum atomic E-state index is 12.7. The van der Waals surface area contributed by atoms with Gasteiger partial charge in [0.1, 0.15) is 0 Å². The molecule has 2 fully saturated rings. The summed E-state index contributed by atoms with van der Waals surface area (Å²) in [5.74, 6) is 0.794. The van der Waals surface area contributed by atoms with E-state index in [-0.39, 0.29) is 16.9 Å². The summed E-state index contributed by atoms with van der Waals surface area (Å²) in [6, 6.07) is 0. The smallest absolute Gasteiger partial charge is 0.226 e. The number of H-pyrrole nitrogens is 1. The molecule has 1 aliphatic carbocycles. The number of carbonyl (C=O) groups is 1. The zero-order valence-electron chi connectivity index (χ0n) is 17.5. The summed E-state index contributed by atoms with van der Waals surface area (Å²) in [6.07, 6.45) is 9.35. The Bertz CT molecular complexity index is 628. The average Bonchev–Trinajstić information content (AvgIpc) is 3.23. The standard InChI is InChI=1S/C21H37N5O/c1-5-20(6-2)15-21(24-19(20)27)9-7-16(8-10-21)18-17(13-23-25-18)14-26(4)12-11-22-3/h13,16,22H,5-12,14-15H2,1-4H3,(H,23,25)(H,24,27)/t16-,21-. The van der Waals surface area contributed by atoms with E-state index in [0.717, 1.165) is 64.6 Å². The molecule has 1 aromatic rings. The Balaban J connectivity index is 1.62. The molecular weight excluding hydrogens is 338 g/mol. The van der Waals surface area contributed by atoms with Crippen LogP contribution in [0.3, 0.4) is 0 Å². The van der Waals surface area contributed by atoms with Crippen LogP contribution >= 0.6 is 0 Å². The maximum absolute atomic E-state index is 12.7. The van der Waals surface area contributed by atoms with Crippen molar-refractivity contribution in [2.24, 2.45) is 5.41 Å². The van der Waals surface area contributed by atoms with Crippen LogP contribution in [0, 0.1) is 5.41 Å². The summed E-state index contributed by atoms with van der Waals surface area (Å²) in [6.45, 7) is 7.27. The minimum Gasteiger partial charge on any atom is -0.350 e. The number of hydrogen-bond acceptors (Lipinski definition) is 4. The number of hydrogen-bond donors (Lipinski definition) is 3. The lowest BCUT2D eigenvalue weighted by Gasteiger charge is -2.38. The first-order valence-corrected chi connectivity index (χ1v) is 10.7. The summed E-state index contributed by atoms with van der Waals surface area (Å²) in [5, 5.41) is 14.3. The molecule has 6 heteroatoms. The third-order valence-corrected chi connectivity index (χ3v) is 7.16. The monoisotopic (exact) mass is 375 g/mol. The number of nitrogens with one attached hydrogen (secondary N) is 3. The second kappa shape index (κ2) is 8.31. The normalized spacial score (nSPS) is 27.4. The fraction of sp³-hybridized carbons (Fsp3) is 0.810. The van der Waals surface area contributed by atoms with Crippen molar-refractivity contribution in [3.8, 4) is 0 Å². The molecule has 0 atom stereocenters. The van der Waals surface area contributed by atoms with Gasteiger partial charge in [-0.15, -0.1) is 0 Å². The number of aromatic amines is 1. The molecule has 0 bridgehead atoms. The Labute approximate surface area is 163 Å². The SMILES string of the molecule is CCC1(CC)C[C@]2(CC[C@@H](c3n[nH]cc3CN(C)CCNC)CC2)NC1=O. The van der Waals surface area contributed by atoms with Crippen molar-refractivity contribution < 1.29 is 4.79 Å². The van der Waals surface area contributed by atoms with E-state index in [0.29, 0.717) is 5.92 Å². The van der Waals surface area contributed by atoms with E-state index < -0.39 is 0 Å². The van der Waals surface area contributed by atoms with E-state index in [2.05, 4.69) is 52.8 Å². The van der Waals surface area contributed by atoms with Gasteiger partial charge in [0.2, 0.25) is 5.91 Å². The van der Waals surface area contributed by atoms with Crippen LogP contribution in [0.5, 0.6) is 0 Å². The minimum atomic E-state index is -0.139. The van der Waals surface area contributed by atoms with E-state index in [1.807, 2.05) is 7.05 Å². The summed E-state index contributed by atoms with van der Waals surface area (Å²) in [4.78, 5) is 15.0. The van der Waals surface area contributed by atoms with Crippen molar-refractivity contribution in [2.45, 2.75) is 76.8 Å². The predicted octanol–water partition coefficient (Wildman–Crippen LogP) is 2.78. The van der Waals surface area contributed by atoms with Crippen LogP contribution < -0.4 is 10.6 Å². The summed E-state index contributed by atoms with van der Waals surface area (Å²) in [5.41, 5.74) is 2.45. The molecule has 6 nitrogen and oxygen atoms in total. The van der Waals surface area contributed by atoms with Crippen LogP contribution in [0.1, 0.15) is 76.0 Å². The lowest BCUT2D eigenvalue weighted by atomic mass is 9.69. The van der Waals surface area contributed by atoms with Gasteiger partial charge in [0.15, 0.2) is 0 Å². The van der Waals surface area contributed by atoms with Crippen molar-refractivity contribution in [3.05, 3.63) is 17.5 Å². The number of aromatic nitrogens is 2. The van der Waals surface area contributed by atoms with Gasteiger partial charge < -0.3 is 15.5 Å². The molecule has 2 aliphatic rings. The van der Waals surface area contributed by atoms with Gasteiger partial charge in [0.05, 0.1) is 11.1 Å². The Morgan fingerprint density at radius 3 is 2.59 bits per heavy atom. The fourth-order valence-corrected chi connectivity index (χ4v) is 5.19. The van der Waals surface area contributed by atoms with Gasteiger partial charge in [-0.25, -0.2) is 0 Å². The van der Waals surface area contributed by atoms with Crippen molar-refractivity contribution in [2.75, 3.05) is 27.2 Å². The molecule has 1 saturated heterocycles. The van der Waals surface area contributed by atoms with Crippen molar-refractivity contribution >= 4 is 5.91 Å². The number of amides is 1. The van der Waals surface area contributed by atoms with E-state index in [1.165, 1.54) is 11.3 Å². The molecular formula is C21H37N5O. The number of rotatable bonds is 8. The molecule has 1 amide bonds. The molecule has 1 aromatic heterocycles. The molecule has 1 saturated carbocycles. The van der Waals surface area contributed by atoms with Crippen LogP contribution in [0.15, 0.2) is 6.20 Å². The predicted molar refractivity (Wildman–Crippen MR) is 109 cm³/mol. The lowest BCUT2D eigenvalue weighted by Crippen LogP contribution is -2.44. The Hall–Kier alpha value is -1.40. The molecule has 3 rings (SSSR count). The topological polar surface area (TPSA) is 73.1 Å². The number of nitrogens with zero attached hydrogens (tertiary/aromatic N) is 2. The van der Waals surface area contributed by atoms with Gasteiger partial charge in [-0.05, 0) is 59.0 Å². The van der Waals surface area contributed by atoms with Gasteiger partial charge in [-0.3, -0.25) is 9.89 Å². The van der Waals surface area contributed by atoms with Crippen LogP contribution in [-0.2, 0) is 11.3 Å². The lowest BCUT2D eigenvalue weighted by molar-refractivity contribution is -0.128. The Morgan fingerprint density at radius 1 is 1.30 bits per heavy atom. The molecule has 0 radical (unpaired) electrons. The average molecular weight is 376 g/mol. The quantitative estimate of drug-likeness (QED) is 0.653. The molecule has 27 heavy (non-hydrogen) atoms. The van der Waals surface area contributed by atoms with E-state index in [4.69, 9.17) is 0 Å². The van der Waals surface area contributed by atoms with Gasteiger partial charge >= 0.3 is 0 Å². The molecule has 1 aliphatic heterocycles. The van der Waals surface area contributed by atoms with Crippen LogP contribution in [0.4, 0.5) is 0 Å². The highest BCUT2D eigenvalue weighted by Gasteiger charge is 2.53. The number of likely N-dealkylation sites (N-methyl/N-ethyl adjacent to an activating group) is 2. The first kappa shape index (κ1) is 20.3. The Morgan fingerprint density at radius 2 is 2.00 bits per heavy atom. The minimum absolute atomic E-state index is 0.0274. The summed E-state index contributed by atoms with van der Waals surface area (Å²) >= 11 is 0. The number of carbonyl (C=O) groups excluding carboxylic acids is 1. The molecule has 0 aromatic carbocycles. The van der Waals surface area contributed by atoms with E-state index in [9.17, 15) is 4.79 Å². The first-order valence-electron chi connectivity index (χ1n) is 10.7. The van der Waals surface area contributed by atoms with Gasteiger partial charge in [0.25, 0.3) is 0 Å². The zero-order valence-corrected chi connectivity index (χ0v) is 17.5. The molecule has 152 valence electrons. The molecule has 3 N–H and O–H groups in total. The van der Waals surface area contributed by atoms with Crippen molar-refractivity contribution in [1.29, 1.82) is 0 Å². The second-order valence-corrected chi connectivity index (χ2v) is 8.81. The fourth-order valence-electron chi connectivity index (χ4n) is 5.19. The molecule has 1 spiro atoms. The summed E-state index contributed by atoms with van der Waals surface area (Å²) in [7, 11) is 4.15. The molecule has 0 unspecified atom stereocenters. The largest absolute Gasteiger partial charge is 0.350 e. The highest BCUT2D eigenvalue weighted by molar-refractivity contribution is 5.86. The third-order valence-electron chi connectivity index (χ3n) is 7.16. The van der Waals surface area contributed by atoms with Crippen LogP contribution in [0.25, 0.3) is 0 Å². The third kappa shape index (κ3) is 4.06. The van der Waals surface area contributed by atoms with Gasteiger partial charge in [0, 0.05) is 42.9 Å². The van der Waals surface area contributed by atoms with Crippen molar-refractivity contribution in [3.63, 3.8) is 0 Å². The highest BCUT2D eigenvalue weighted by atomic mass is 16.2. The first-order chi connectivity index (χ1) is 13.0. The highest BCUT2D eigenvalue weighted by Crippen LogP contribution is 2.49. The van der Waals surface area contributed by atoms with E-state index >= 15 is 0 Å². The van der Waals surface area contributed by atoms with Crippen LogP contribution in [-0.4, -0.2) is 53.7 Å². The van der Waals surface area contributed by atoms with Crippen molar-refractivity contribution in [1.82, 2.24) is 25.7 Å². The van der Waals surface area contributed by atoms with Gasteiger partial charge in [-0.1, -0.05) is 13.8 Å². The Kier molecular flexibility index (Phi) is 6.26. The van der Waals surface area contributed by atoms with Crippen LogP contribution in [0.2, 0.25) is 0 Å².